The van der Waals surface area contributed by atoms with E-state index in [1.807, 2.05) is 0 Å². The summed E-state index contributed by atoms with van der Waals surface area (Å²) < 4.78 is 41.8. The quantitative estimate of drug-likeness (QED) is 0.662. The van der Waals surface area contributed by atoms with Crippen LogP contribution in [0.2, 0.25) is 0 Å². The molecule has 2 N–H and O–H groups in total. The number of carbonyl (C=O) groups excluding carboxylic acids is 2. The van der Waals surface area contributed by atoms with Gasteiger partial charge in [0, 0.05) is 17.3 Å². The molecule has 0 atom stereocenters. The molecule has 1 heterocycles. The Morgan fingerprint density at radius 2 is 1.64 bits per heavy atom. The Labute approximate surface area is 162 Å². The van der Waals surface area contributed by atoms with Gasteiger partial charge in [0.1, 0.15) is 22.3 Å². The zero-order valence-corrected chi connectivity index (χ0v) is 15.6. The molecule has 1 aromatic heterocycles. The molecule has 0 spiro atoms. The zero-order chi connectivity index (χ0) is 20.4. The van der Waals surface area contributed by atoms with Crippen LogP contribution in [0, 0.1) is 31.3 Å². The van der Waals surface area contributed by atoms with Crippen LogP contribution in [0.25, 0.3) is 0 Å². The highest BCUT2D eigenvalue weighted by atomic mass is 32.1. The fraction of sp³-hybridized carbons (Fsp3) is 0.105. The number of amides is 2. The molecule has 5 nitrogen and oxygen atoms in total. The van der Waals surface area contributed by atoms with Crippen LogP contribution in [0.4, 0.5) is 24.5 Å². The zero-order valence-electron chi connectivity index (χ0n) is 14.8. The SMILES string of the molecule is Cc1ncsc1C(=O)Nc1cc(C(=O)Nc2cccc(F)c2C)c(F)cc1F. The average Bonchev–Trinajstić information content (AvgIpc) is 3.07. The van der Waals surface area contributed by atoms with Crippen LogP contribution >= 0.6 is 11.3 Å². The van der Waals surface area contributed by atoms with Gasteiger partial charge >= 0.3 is 0 Å². The van der Waals surface area contributed by atoms with E-state index in [2.05, 4.69) is 15.6 Å². The minimum atomic E-state index is -1.11. The summed E-state index contributed by atoms with van der Waals surface area (Å²) >= 11 is 1.07. The van der Waals surface area contributed by atoms with Crippen LogP contribution in [-0.2, 0) is 0 Å². The number of anilines is 2. The Morgan fingerprint density at radius 1 is 0.929 bits per heavy atom. The predicted octanol–water partition coefficient (Wildman–Crippen LogP) is 4.68. The fourth-order valence-corrected chi connectivity index (χ4v) is 3.15. The number of halogens is 3. The van der Waals surface area contributed by atoms with Crippen LogP contribution in [0.5, 0.6) is 0 Å². The van der Waals surface area contributed by atoms with Crippen molar-refractivity contribution >= 4 is 34.5 Å². The molecular weight excluding hydrogens is 391 g/mol. The lowest BCUT2D eigenvalue weighted by atomic mass is 10.1. The summed E-state index contributed by atoms with van der Waals surface area (Å²) in [5.74, 6) is -4.22. The van der Waals surface area contributed by atoms with Gasteiger partial charge in [0.2, 0.25) is 0 Å². The number of benzene rings is 2. The van der Waals surface area contributed by atoms with Gasteiger partial charge in [-0.1, -0.05) is 6.07 Å². The molecule has 3 rings (SSSR count). The molecule has 0 fully saturated rings. The fourth-order valence-electron chi connectivity index (χ4n) is 2.45. The van der Waals surface area contributed by atoms with Crippen LogP contribution < -0.4 is 10.6 Å². The third kappa shape index (κ3) is 3.89. The Hall–Kier alpha value is -3.20. The van der Waals surface area contributed by atoms with Gasteiger partial charge in [-0.2, -0.15) is 0 Å². The van der Waals surface area contributed by atoms with Crippen LogP contribution in [0.1, 0.15) is 31.3 Å². The summed E-state index contributed by atoms with van der Waals surface area (Å²) in [4.78, 5) is 28.9. The molecule has 144 valence electrons. The van der Waals surface area contributed by atoms with Crippen molar-refractivity contribution in [1.82, 2.24) is 4.98 Å². The van der Waals surface area contributed by atoms with Crippen molar-refractivity contribution < 1.29 is 22.8 Å². The van der Waals surface area contributed by atoms with Crippen molar-refractivity contribution in [2.24, 2.45) is 0 Å². The first-order valence-corrected chi connectivity index (χ1v) is 8.93. The van der Waals surface area contributed by atoms with Gasteiger partial charge in [-0.05, 0) is 32.0 Å². The van der Waals surface area contributed by atoms with Crippen LogP contribution in [0.3, 0.4) is 0 Å². The summed E-state index contributed by atoms with van der Waals surface area (Å²) in [5, 5.41) is 4.69. The molecule has 0 radical (unpaired) electrons. The van der Waals surface area contributed by atoms with Gasteiger partial charge in [0.25, 0.3) is 11.8 Å². The highest BCUT2D eigenvalue weighted by Gasteiger charge is 2.20. The number of thiazole rings is 1. The minimum Gasteiger partial charge on any atom is -0.322 e. The molecule has 3 aromatic rings. The number of aromatic nitrogens is 1. The highest BCUT2D eigenvalue weighted by molar-refractivity contribution is 7.12. The van der Waals surface area contributed by atoms with E-state index in [-0.39, 0.29) is 21.8 Å². The molecule has 0 saturated carbocycles. The molecule has 28 heavy (non-hydrogen) atoms. The lowest BCUT2D eigenvalue weighted by Gasteiger charge is -2.12. The van der Waals surface area contributed by atoms with Gasteiger partial charge in [-0.25, -0.2) is 18.2 Å². The number of hydrogen-bond acceptors (Lipinski definition) is 4. The van der Waals surface area contributed by atoms with E-state index in [1.165, 1.54) is 30.6 Å². The second kappa shape index (κ2) is 7.81. The van der Waals surface area contributed by atoms with E-state index in [9.17, 15) is 22.8 Å². The highest BCUT2D eigenvalue weighted by Crippen LogP contribution is 2.24. The van der Waals surface area contributed by atoms with Crippen molar-refractivity contribution in [1.29, 1.82) is 0 Å². The monoisotopic (exact) mass is 405 g/mol. The van der Waals surface area contributed by atoms with Crippen molar-refractivity contribution in [3.05, 3.63) is 75.0 Å². The summed E-state index contributed by atoms with van der Waals surface area (Å²) in [6, 6.07) is 5.46. The maximum Gasteiger partial charge on any atom is 0.267 e. The molecule has 0 bridgehead atoms. The Balaban J connectivity index is 1.88. The molecule has 9 heteroatoms. The first-order valence-electron chi connectivity index (χ1n) is 8.05. The van der Waals surface area contributed by atoms with E-state index in [0.29, 0.717) is 11.8 Å². The van der Waals surface area contributed by atoms with Crippen molar-refractivity contribution in [3.63, 3.8) is 0 Å². The molecule has 2 aromatic carbocycles. The lowest BCUT2D eigenvalue weighted by molar-refractivity contribution is 0.101. The molecule has 0 unspecified atom stereocenters. The van der Waals surface area contributed by atoms with Gasteiger partial charge in [0.15, 0.2) is 0 Å². The minimum absolute atomic E-state index is 0.152. The second-order valence-electron chi connectivity index (χ2n) is 5.90. The lowest BCUT2D eigenvalue weighted by Crippen LogP contribution is -2.18. The smallest absolute Gasteiger partial charge is 0.267 e. The Kier molecular flexibility index (Phi) is 5.46. The Bertz CT molecular complexity index is 1080. The van der Waals surface area contributed by atoms with Crippen molar-refractivity contribution in [2.75, 3.05) is 10.6 Å². The molecule has 0 aliphatic carbocycles. The van der Waals surface area contributed by atoms with Crippen molar-refractivity contribution in [2.45, 2.75) is 13.8 Å². The van der Waals surface area contributed by atoms with E-state index < -0.39 is 34.8 Å². The first kappa shape index (κ1) is 19.6. The number of nitrogens with one attached hydrogen (secondary N) is 2. The maximum absolute atomic E-state index is 14.1. The van der Waals surface area contributed by atoms with Crippen molar-refractivity contribution in [3.8, 4) is 0 Å². The van der Waals surface area contributed by atoms with Crippen LogP contribution in [0.15, 0.2) is 35.8 Å². The number of hydrogen-bond donors (Lipinski definition) is 2. The van der Waals surface area contributed by atoms with E-state index in [4.69, 9.17) is 0 Å². The average molecular weight is 405 g/mol. The van der Waals surface area contributed by atoms with E-state index in [0.717, 1.165) is 17.4 Å². The third-order valence-electron chi connectivity index (χ3n) is 4.02. The molecule has 2 amide bonds. The van der Waals surface area contributed by atoms with E-state index >= 15 is 0 Å². The standard InChI is InChI=1S/C19H14F3N3O2S/c1-9-12(20)4-3-5-15(9)24-18(26)11-6-16(14(22)7-13(11)21)25-19(27)17-10(2)23-8-28-17/h3-8H,1-2H3,(H,24,26)(H,25,27). The van der Waals surface area contributed by atoms with Crippen LogP contribution in [-0.4, -0.2) is 16.8 Å². The summed E-state index contributed by atoms with van der Waals surface area (Å²) in [5.41, 5.74) is 1.39. The van der Waals surface area contributed by atoms with Gasteiger partial charge < -0.3 is 10.6 Å². The summed E-state index contributed by atoms with van der Waals surface area (Å²) in [7, 11) is 0. The first-order chi connectivity index (χ1) is 13.3. The molecule has 0 aliphatic heterocycles. The number of nitrogens with zero attached hydrogens (tertiary/aromatic N) is 1. The Morgan fingerprint density at radius 3 is 2.32 bits per heavy atom. The molecule has 0 aliphatic rings. The largest absolute Gasteiger partial charge is 0.322 e. The summed E-state index contributed by atoms with van der Waals surface area (Å²) in [6.45, 7) is 3.07. The van der Waals surface area contributed by atoms with Gasteiger partial charge in [0.05, 0.1) is 22.5 Å². The number of rotatable bonds is 4. The topological polar surface area (TPSA) is 71.1 Å². The van der Waals surface area contributed by atoms with Gasteiger partial charge in [-0.15, -0.1) is 11.3 Å². The molecular formula is C19H14F3N3O2S. The molecule has 0 saturated heterocycles. The van der Waals surface area contributed by atoms with E-state index in [1.54, 1.807) is 6.92 Å². The predicted molar refractivity (Wildman–Crippen MR) is 100 cm³/mol. The number of carbonyl (C=O) groups is 2. The summed E-state index contributed by atoms with van der Waals surface area (Å²) in [6.07, 6.45) is 0. The normalized spacial score (nSPS) is 10.6. The second-order valence-corrected chi connectivity index (χ2v) is 6.75. The maximum atomic E-state index is 14.1. The number of aryl methyl sites for hydroxylation is 1. The third-order valence-corrected chi connectivity index (χ3v) is 4.94. The van der Waals surface area contributed by atoms with Gasteiger partial charge in [-0.3, -0.25) is 9.59 Å².